The molecule has 0 fully saturated rings. The third kappa shape index (κ3) is 8.82. The number of hydrazone groups is 1. The van der Waals surface area contributed by atoms with Crippen molar-refractivity contribution < 1.29 is 36.6 Å². The zero-order chi connectivity index (χ0) is 33.3. The average molecular weight is 649 g/mol. The highest BCUT2D eigenvalue weighted by Gasteiger charge is 2.28. The molecule has 4 aromatic carbocycles. The largest absolute Gasteiger partial charge is 0.493 e. The fraction of sp³-hybridized carbons (Fsp3) is 0.182. The second-order valence-corrected chi connectivity index (χ2v) is 11.9. The number of nitrogens with zero attached hydrogens (tertiary/aromatic N) is 2. The van der Waals surface area contributed by atoms with Crippen LogP contribution in [0.1, 0.15) is 16.7 Å². The van der Waals surface area contributed by atoms with Crippen molar-refractivity contribution in [2.75, 3.05) is 37.0 Å². The molecule has 0 atom stereocenters. The summed E-state index contributed by atoms with van der Waals surface area (Å²) in [6.45, 7) is 2.86. The van der Waals surface area contributed by atoms with Crippen LogP contribution in [-0.4, -0.2) is 53.8 Å². The van der Waals surface area contributed by atoms with Gasteiger partial charge in [-0.2, -0.15) is 5.10 Å². The van der Waals surface area contributed by atoms with E-state index in [-0.39, 0.29) is 17.3 Å². The number of methoxy groups -OCH3 is 2. The van der Waals surface area contributed by atoms with Gasteiger partial charge in [0.2, 0.25) is 0 Å². The van der Waals surface area contributed by atoms with Gasteiger partial charge in [0, 0.05) is 11.8 Å². The molecule has 4 rings (SSSR count). The lowest BCUT2D eigenvalue weighted by Crippen LogP contribution is -2.39. The van der Waals surface area contributed by atoms with E-state index in [1.165, 1.54) is 62.9 Å². The minimum Gasteiger partial charge on any atom is -0.493 e. The molecule has 0 spiro atoms. The van der Waals surface area contributed by atoms with Crippen molar-refractivity contribution in [3.8, 4) is 17.2 Å². The Labute approximate surface area is 266 Å². The summed E-state index contributed by atoms with van der Waals surface area (Å²) in [5.74, 6) is -0.494. The first kappa shape index (κ1) is 33.5. The van der Waals surface area contributed by atoms with E-state index in [1.807, 2.05) is 19.9 Å². The second-order valence-electron chi connectivity index (χ2n) is 10.1. The van der Waals surface area contributed by atoms with Gasteiger partial charge < -0.3 is 19.5 Å². The zero-order valence-electron chi connectivity index (χ0n) is 25.6. The lowest BCUT2D eigenvalue weighted by molar-refractivity contribution is -0.119. The van der Waals surface area contributed by atoms with E-state index in [1.54, 1.807) is 36.4 Å². The van der Waals surface area contributed by atoms with Crippen LogP contribution in [0.25, 0.3) is 0 Å². The lowest BCUT2D eigenvalue weighted by Gasteiger charge is -2.25. The minimum atomic E-state index is -4.23. The molecule has 2 N–H and O–H groups in total. The molecule has 0 aromatic heterocycles. The van der Waals surface area contributed by atoms with Crippen LogP contribution in [0.2, 0.25) is 0 Å². The molecule has 0 aliphatic rings. The quantitative estimate of drug-likeness (QED) is 0.157. The van der Waals surface area contributed by atoms with Crippen molar-refractivity contribution in [1.29, 1.82) is 0 Å². The second kappa shape index (κ2) is 15.0. The van der Waals surface area contributed by atoms with E-state index in [4.69, 9.17) is 14.2 Å². The average Bonchev–Trinajstić information content (AvgIpc) is 3.03. The van der Waals surface area contributed by atoms with Crippen LogP contribution in [-0.2, 0) is 19.6 Å². The van der Waals surface area contributed by atoms with E-state index in [0.717, 1.165) is 15.4 Å². The smallest absolute Gasteiger partial charge is 0.264 e. The molecule has 240 valence electrons. The number of benzene rings is 4. The van der Waals surface area contributed by atoms with Gasteiger partial charge in [-0.05, 0) is 103 Å². The van der Waals surface area contributed by atoms with Gasteiger partial charge >= 0.3 is 0 Å². The zero-order valence-corrected chi connectivity index (χ0v) is 26.4. The number of carbonyl (C=O) groups is 2. The number of sulfonamides is 1. The molecule has 0 bridgehead atoms. The van der Waals surface area contributed by atoms with Crippen LogP contribution >= 0.6 is 0 Å². The number of amides is 2. The summed E-state index contributed by atoms with van der Waals surface area (Å²) in [7, 11) is -1.38. The van der Waals surface area contributed by atoms with Gasteiger partial charge in [0.05, 0.1) is 31.0 Å². The van der Waals surface area contributed by atoms with Crippen molar-refractivity contribution in [2.45, 2.75) is 18.7 Å². The van der Waals surface area contributed by atoms with Gasteiger partial charge in [0.15, 0.2) is 18.1 Å². The molecular weight excluding hydrogens is 615 g/mol. The van der Waals surface area contributed by atoms with Crippen molar-refractivity contribution in [3.63, 3.8) is 0 Å². The van der Waals surface area contributed by atoms with Gasteiger partial charge in [0.25, 0.3) is 21.8 Å². The Balaban J connectivity index is 1.41. The molecule has 46 heavy (non-hydrogen) atoms. The first-order valence-corrected chi connectivity index (χ1v) is 15.4. The van der Waals surface area contributed by atoms with E-state index in [9.17, 15) is 22.4 Å². The van der Waals surface area contributed by atoms with Crippen LogP contribution in [0.3, 0.4) is 0 Å². The summed E-state index contributed by atoms with van der Waals surface area (Å²) in [6, 6.07) is 21.4. The number of nitrogens with one attached hydrogen (secondary N) is 2. The molecule has 0 heterocycles. The number of hydrogen-bond acceptors (Lipinski definition) is 8. The standard InChI is InChI=1S/C33H33FN4O7S/c1-22-15-23(2)17-27(16-22)38(46(41,42)29-13-14-30(43-3)31(18-29)44-4)20-32(39)37-35-19-24-5-11-28(12-6-24)45-21-33(40)36-26-9-7-25(34)8-10-26/h5-19H,20-21H2,1-4H3,(H,36,40)(H,37,39)/b35-19-. The maximum Gasteiger partial charge on any atom is 0.264 e. The molecule has 11 nitrogen and oxygen atoms in total. The molecular formula is C33H33FN4O7S. The molecule has 13 heteroatoms. The summed E-state index contributed by atoms with van der Waals surface area (Å²) in [5.41, 5.74) is 5.38. The minimum absolute atomic E-state index is 0.0872. The molecule has 0 saturated heterocycles. The highest BCUT2D eigenvalue weighted by atomic mass is 32.2. The van der Waals surface area contributed by atoms with Gasteiger partial charge in [-0.25, -0.2) is 18.2 Å². The van der Waals surface area contributed by atoms with Gasteiger partial charge in [-0.1, -0.05) is 6.07 Å². The Kier molecular flexibility index (Phi) is 10.9. The van der Waals surface area contributed by atoms with Crippen molar-refractivity contribution in [3.05, 3.63) is 107 Å². The van der Waals surface area contributed by atoms with Gasteiger partial charge in [-0.15, -0.1) is 0 Å². The molecule has 0 aliphatic heterocycles. The van der Waals surface area contributed by atoms with Crippen molar-refractivity contribution in [2.24, 2.45) is 5.10 Å². The molecule has 0 unspecified atom stereocenters. The lowest BCUT2D eigenvalue weighted by atomic mass is 10.1. The van der Waals surface area contributed by atoms with Crippen molar-refractivity contribution >= 4 is 39.4 Å². The maximum atomic E-state index is 13.8. The summed E-state index contributed by atoms with van der Waals surface area (Å²) >= 11 is 0. The van der Waals surface area contributed by atoms with Crippen LogP contribution in [0, 0.1) is 19.7 Å². The molecule has 4 aromatic rings. The summed E-state index contributed by atoms with van der Waals surface area (Å²) < 4.78 is 57.7. The third-order valence-electron chi connectivity index (χ3n) is 6.51. The third-order valence-corrected chi connectivity index (χ3v) is 8.28. The topological polar surface area (TPSA) is 136 Å². The molecule has 0 aliphatic carbocycles. The number of anilines is 2. The van der Waals surface area contributed by atoms with Crippen LogP contribution in [0.5, 0.6) is 17.2 Å². The van der Waals surface area contributed by atoms with Crippen molar-refractivity contribution in [1.82, 2.24) is 5.43 Å². The number of ether oxygens (including phenoxy) is 3. The number of hydrogen-bond donors (Lipinski definition) is 2. The van der Waals surface area contributed by atoms with Gasteiger partial charge in [0.1, 0.15) is 18.1 Å². The van der Waals surface area contributed by atoms with Crippen LogP contribution < -0.4 is 29.3 Å². The van der Waals surface area contributed by atoms with Gasteiger partial charge in [-0.3, -0.25) is 13.9 Å². The Morgan fingerprint density at radius 1 is 0.848 bits per heavy atom. The Morgan fingerprint density at radius 3 is 2.13 bits per heavy atom. The van der Waals surface area contributed by atoms with E-state index in [2.05, 4.69) is 15.8 Å². The SMILES string of the molecule is COc1ccc(S(=O)(=O)N(CC(=O)N/N=C\c2ccc(OCC(=O)Nc3ccc(F)cc3)cc2)c2cc(C)cc(C)c2)cc1OC. The number of rotatable bonds is 13. The Morgan fingerprint density at radius 2 is 1.50 bits per heavy atom. The molecule has 0 saturated carbocycles. The monoisotopic (exact) mass is 648 g/mol. The first-order chi connectivity index (χ1) is 22.0. The molecule has 2 amide bonds. The Bertz CT molecular complexity index is 1810. The predicted octanol–water partition coefficient (Wildman–Crippen LogP) is 4.82. The van der Waals surface area contributed by atoms with Crippen LogP contribution in [0.15, 0.2) is 94.9 Å². The number of carbonyl (C=O) groups excluding carboxylic acids is 2. The highest BCUT2D eigenvalue weighted by Crippen LogP contribution is 2.32. The fourth-order valence-electron chi connectivity index (χ4n) is 4.39. The number of aryl methyl sites for hydroxylation is 2. The maximum absolute atomic E-state index is 13.8. The summed E-state index contributed by atoms with van der Waals surface area (Å²) in [4.78, 5) is 25.0. The summed E-state index contributed by atoms with van der Waals surface area (Å²) in [5, 5.41) is 6.57. The Hall–Kier alpha value is -5.43. The van der Waals surface area contributed by atoms with E-state index < -0.39 is 34.2 Å². The predicted molar refractivity (Wildman–Crippen MR) is 173 cm³/mol. The van der Waals surface area contributed by atoms with Crippen LogP contribution in [0.4, 0.5) is 15.8 Å². The fourth-order valence-corrected chi connectivity index (χ4v) is 5.81. The normalized spacial score (nSPS) is 11.2. The van der Waals surface area contributed by atoms with E-state index in [0.29, 0.717) is 28.4 Å². The van der Waals surface area contributed by atoms with E-state index >= 15 is 0 Å². The molecule has 0 radical (unpaired) electrons. The summed E-state index contributed by atoms with van der Waals surface area (Å²) in [6.07, 6.45) is 1.38. The highest BCUT2D eigenvalue weighted by molar-refractivity contribution is 7.92. The first-order valence-electron chi connectivity index (χ1n) is 13.9. The number of halogens is 1.